The van der Waals surface area contributed by atoms with Gasteiger partial charge in [0.25, 0.3) is 0 Å². The van der Waals surface area contributed by atoms with Gasteiger partial charge in [-0.1, -0.05) is 30.0 Å². The standard InChI is InChI=1S/C15H18N6OS/c16-14-17-11-18-15(19-14)23-10-13(22)21-8-6-20(7-9-21)12-4-2-1-3-5-12/h1-5,11H,6-10H2,(H2,16,17,18,19). The number of hydrogen-bond donors (Lipinski definition) is 1. The van der Waals surface area contributed by atoms with Crippen molar-refractivity contribution in [1.29, 1.82) is 0 Å². The smallest absolute Gasteiger partial charge is 0.233 e. The molecule has 0 aliphatic carbocycles. The molecule has 2 heterocycles. The number of carbonyl (C=O) groups excluding carboxylic acids is 1. The number of nitrogens with zero attached hydrogens (tertiary/aromatic N) is 5. The van der Waals surface area contributed by atoms with Crippen LogP contribution in [-0.4, -0.2) is 57.7 Å². The normalized spacial score (nSPS) is 14.8. The van der Waals surface area contributed by atoms with Gasteiger partial charge in [-0.25, -0.2) is 9.97 Å². The molecule has 2 aromatic rings. The maximum Gasteiger partial charge on any atom is 0.233 e. The molecular formula is C15H18N6OS. The Bertz CT molecular complexity index is 660. The lowest BCUT2D eigenvalue weighted by molar-refractivity contribution is -0.128. The number of nitrogens with two attached hydrogens (primary N) is 1. The Kier molecular flexibility index (Phi) is 4.92. The summed E-state index contributed by atoms with van der Waals surface area (Å²) in [6, 6.07) is 10.3. The second kappa shape index (κ2) is 7.28. The van der Waals surface area contributed by atoms with E-state index in [2.05, 4.69) is 32.0 Å². The fourth-order valence-electron chi connectivity index (χ4n) is 2.43. The number of piperazine rings is 1. The molecule has 0 bridgehead atoms. The number of rotatable bonds is 4. The van der Waals surface area contributed by atoms with Crippen LogP contribution in [-0.2, 0) is 4.79 Å². The van der Waals surface area contributed by atoms with Gasteiger partial charge in [0.05, 0.1) is 5.75 Å². The lowest BCUT2D eigenvalue weighted by Crippen LogP contribution is -2.49. The number of para-hydroxylation sites is 1. The molecule has 1 fully saturated rings. The van der Waals surface area contributed by atoms with Gasteiger partial charge in [-0.05, 0) is 12.1 Å². The molecule has 1 saturated heterocycles. The van der Waals surface area contributed by atoms with Gasteiger partial charge < -0.3 is 15.5 Å². The highest BCUT2D eigenvalue weighted by Gasteiger charge is 2.21. The zero-order chi connectivity index (χ0) is 16.1. The van der Waals surface area contributed by atoms with E-state index in [0.29, 0.717) is 10.9 Å². The third-order valence-corrected chi connectivity index (χ3v) is 4.49. The summed E-state index contributed by atoms with van der Waals surface area (Å²) in [6.07, 6.45) is 1.35. The van der Waals surface area contributed by atoms with Crippen molar-refractivity contribution in [2.45, 2.75) is 5.16 Å². The van der Waals surface area contributed by atoms with Gasteiger partial charge in [0.15, 0.2) is 5.16 Å². The molecule has 1 aliphatic heterocycles. The van der Waals surface area contributed by atoms with Gasteiger partial charge in [0, 0.05) is 31.9 Å². The van der Waals surface area contributed by atoms with Crippen molar-refractivity contribution in [3.05, 3.63) is 36.7 Å². The molecule has 0 spiro atoms. The molecule has 0 saturated carbocycles. The summed E-state index contributed by atoms with van der Waals surface area (Å²) >= 11 is 1.29. The molecule has 0 unspecified atom stereocenters. The van der Waals surface area contributed by atoms with Gasteiger partial charge >= 0.3 is 0 Å². The van der Waals surface area contributed by atoms with Crippen LogP contribution in [0.25, 0.3) is 0 Å². The first kappa shape index (κ1) is 15.5. The molecule has 23 heavy (non-hydrogen) atoms. The molecule has 3 rings (SSSR count). The minimum atomic E-state index is 0.0988. The van der Waals surface area contributed by atoms with Crippen LogP contribution in [0.1, 0.15) is 0 Å². The van der Waals surface area contributed by atoms with E-state index in [1.54, 1.807) is 0 Å². The van der Waals surface area contributed by atoms with E-state index in [1.165, 1.54) is 23.8 Å². The molecule has 7 nitrogen and oxygen atoms in total. The van der Waals surface area contributed by atoms with E-state index < -0.39 is 0 Å². The summed E-state index contributed by atoms with van der Waals surface area (Å²) in [5, 5.41) is 0.480. The monoisotopic (exact) mass is 330 g/mol. The second-order valence-corrected chi connectivity index (χ2v) is 6.06. The average molecular weight is 330 g/mol. The minimum absolute atomic E-state index is 0.0988. The Balaban J connectivity index is 1.48. The maximum absolute atomic E-state index is 12.3. The van der Waals surface area contributed by atoms with Crippen molar-refractivity contribution in [2.75, 3.05) is 42.6 Å². The van der Waals surface area contributed by atoms with Crippen molar-refractivity contribution in [2.24, 2.45) is 0 Å². The van der Waals surface area contributed by atoms with Crippen LogP contribution in [0.15, 0.2) is 41.8 Å². The molecule has 1 aromatic heterocycles. The highest BCUT2D eigenvalue weighted by molar-refractivity contribution is 7.99. The quantitative estimate of drug-likeness (QED) is 0.833. The number of benzene rings is 1. The van der Waals surface area contributed by atoms with Crippen molar-refractivity contribution in [3.63, 3.8) is 0 Å². The van der Waals surface area contributed by atoms with Gasteiger partial charge in [-0.2, -0.15) is 4.98 Å². The third-order valence-electron chi connectivity index (χ3n) is 3.65. The van der Waals surface area contributed by atoms with E-state index in [1.807, 2.05) is 23.1 Å². The van der Waals surface area contributed by atoms with Gasteiger partial charge in [0.1, 0.15) is 6.33 Å². The van der Waals surface area contributed by atoms with Crippen molar-refractivity contribution in [1.82, 2.24) is 19.9 Å². The van der Waals surface area contributed by atoms with Crippen LogP contribution in [0, 0.1) is 0 Å². The maximum atomic E-state index is 12.3. The van der Waals surface area contributed by atoms with Gasteiger partial charge in [-0.3, -0.25) is 4.79 Å². The fraction of sp³-hybridized carbons (Fsp3) is 0.333. The van der Waals surface area contributed by atoms with E-state index in [0.717, 1.165) is 26.2 Å². The van der Waals surface area contributed by atoms with Crippen LogP contribution < -0.4 is 10.6 Å². The van der Waals surface area contributed by atoms with Crippen LogP contribution in [0.3, 0.4) is 0 Å². The van der Waals surface area contributed by atoms with E-state index >= 15 is 0 Å². The fourth-order valence-corrected chi connectivity index (χ4v) is 3.15. The third kappa shape index (κ3) is 4.10. The molecule has 0 atom stereocenters. The summed E-state index contributed by atoms with van der Waals surface area (Å²) in [6.45, 7) is 3.15. The Morgan fingerprint density at radius 3 is 2.57 bits per heavy atom. The second-order valence-electron chi connectivity index (χ2n) is 5.12. The first-order valence-electron chi connectivity index (χ1n) is 7.37. The lowest BCUT2D eigenvalue weighted by atomic mass is 10.2. The van der Waals surface area contributed by atoms with Crippen LogP contribution in [0.2, 0.25) is 0 Å². The lowest BCUT2D eigenvalue weighted by Gasteiger charge is -2.36. The van der Waals surface area contributed by atoms with Crippen LogP contribution >= 0.6 is 11.8 Å². The Morgan fingerprint density at radius 1 is 1.13 bits per heavy atom. The summed E-state index contributed by atoms with van der Waals surface area (Å²) in [4.78, 5) is 28.2. The molecular weight excluding hydrogens is 312 g/mol. The first-order valence-corrected chi connectivity index (χ1v) is 8.36. The zero-order valence-corrected chi connectivity index (χ0v) is 13.4. The van der Waals surface area contributed by atoms with Gasteiger partial charge in [0.2, 0.25) is 11.9 Å². The summed E-state index contributed by atoms with van der Waals surface area (Å²) in [7, 11) is 0. The van der Waals surface area contributed by atoms with Crippen molar-refractivity contribution < 1.29 is 4.79 Å². The van der Waals surface area contributed by atoms with E-state index in [-0.39, 0.29) is 11.9 Å². The SMILES string of the molecule is Nc1ncnc(SCC(=O)N2CCN(c3ccccc3)CC2)n1. The number of anilines is 2. The Morgan fingerprint density at radius 2 is 1.87 bits per heavy atom. The topological polar surface area (TPSA) is 88.2 Å². The zero-order valence-electron chi connectivity index (χ0n) is 12.6. The Hall–Kier alpha value is -2.35. The molecule has 1 aromatic carbocycles. The highest BCUT2D eigenvalue weighted by atomic mass is 32.2. The summed E-state index contributed by atoms with van der Waals surface area (Å²) in [5.74, 6) is 0.586. The van der Waals surface area contributed by atoms with Crippen LogP contribution in [0.4, 0.5) is 11.6 Å². The number of hydrogen-bond acceptors (Lipinski definition) is 7. The Labute approximate surface area is 138 Å². The minimum Gasteiger partial charge on any atom is -0.368 e. The summed E-state index contributed by atoms with van der Waals surface area (Å²) < 4.78 is 0. The van der Waals surface area contributed by atoms with Gasteiger partial charge in [-0.15, -0.1) is 0 Å². The number of amides is 1. The van der Waals surface area contributed by atoms with Crippen molar-refractivity contribution in [3.8, 4) is 0 Å². The first-order chi connectivity index (χ1) is 11.2. The van der Waals surface area contributed by atoms with E-state index in [4.69, 9.17) is 5.73 Å². The molecule has 0 radical (unpaired) electrons. The largest absolute Gasteiger partial charge is 0.368 e. The predicted molar refractivity (Wildman–Crippen MR) is 90.2 cm³/mol. The van der Waals surface area contributed by atoms with Crippen molar-refractivity contribution >= 4 is 29.3 Å². The number of nitrogen functional groups attached to an aromatic ring is 1. The highest BCUT2D eigenvalue weighted by Crippen LogP contribution is 2.17. The van der Waals surface area contributed by atoms with E-state index in [9.17, 15) is 4.79 Å². The molecule has 2 N–H and O–H groups in total. The number of carbonyl (C=O) groups is 1. The number of thioether (sulfide) groups is 1. The number of aromatic nitrogens is 3. The van der Waals surface area contributed by atoms with Crippen LogP contribution in [0.5, 0.6) is 0 Å². The molecule has 8 heteroatoms. The summed E-state index contributed by atoms with van der Waals surface area (Å²) in [5.41, 5.74) is 6.71. The predicted octanol–water partition coefficient (Wildman–Crippen LogP) is 0.895. The average Bonchev–Trinajstić information content (AvgIpc) is 2.61. The molecule has 1 aliphatic rings. The molecule has 120 valence electrons. The molecule has 1 amide bonds.